The molecule has 0 aliphatic heterocycles. The molecule has 0 fully saturated rings. The molecular formula is C20H21NOS. The lowest BCUT2D eigenvalue weighted by Crippen LogP contribution is -2.02. The summed E-state index contributed by atoms with van der Waals surface area (Å²) in [5.74, 6) is 1.58. The fraction of sp³-hybridized carbons (Fsp3) is 0.250. The van der Waals surface area contributed by atoms with Crippen molar-refractivity contribution in [1.29, 1.82) is 0 Å². The van der Waals surface area contributed by atoms with Crippen molar-refractivity contribution in [3.63, 3.8) is 0 Å². The normalized spacial score (nSPS) is 11.0. The molecule has 2 aromatic carbocycles. The van der Waals surface area contributed by atoms with Gasteiger partial charge in [-0.05, 0) is 30.0 Å². The number of para-hydroxylation sites is 1. The molecule has 1 heterocycles. The van der Waals surface area contributed by atoms with Crippen LogP contribution in [0.15, 0.2) is 48.7 Å². The predicted molar refractivity (Wildman–Crippen MR) is 99.3 cm³/mol. The van der Waals surface area contributed by atoms with E-state index in [1.165, 1.54) is 16.7 Å². The van der Waals surface area contributed by atoms with Gasteiger partial charge in [0, 0.05) is 28.4 Å². The Kier molecular flexibility index (Phi) is 4.87. The number of H-pyrrole nitrogens is 1. The van der Waals surface area contributed by atoms with Gasteiger partial charge in [-0.25, -0.2) is 0 Å². The minimum absolute atomic E-state index is 0.197. The third kappa shape index (κ3) is 3.35. The van der Waals surface area contributed by atoms with Crippen LogP contribution < -0.4 is 0 Å². The summed E-state index contributed by atoms with van der Waals surface area (Å²) < 4.78 is 0. The van der Waals surface area contributed by atoms with Crippen LogP contribution in [-0.2, 0) is 12.2 Å². The maximum atomic E-state index is 12.6. The van der Waals surface area contributed by atoms with E-state index in [9.17, 15) is 4.79 Å². The van der Waals surface area contributed by atoms with Crippen molar-refractivity contribution in [3.8, 4) is 0 Å². The van der Waals surface area contributed by atoms with E-state index < -0.39 is 0 Å². The number of fused-ring (bicyclic) bond motifs is 1. The molecule has 0 aliphatic rings. The summed E-state index contributed by atoms with van der Waals surface area (Å²) in [5, 5.41) is 1.05. The number of rotatable bonds is 6. The number of aromatic amines is 1. The quantitative estimate of drug-likeness (QED) is 0.636. The number of Topliss-reactive ketones (excluding diaryl/α,β-unsaturated/α-hetero) is 1. The Labute approximate surface area is 141 Å². The van der Waals surface area contributed by atoms with Crippen LogP contribution in [0.25, 0.3) is 10.9 Å². The van der Waals surface area contributed by atoms with E-state index in [4.69, 9.17) is 0 Å². The molecule has 1 N–H and O–H groups in total. The van der Waals surface area contributed by atoms with E-state index in [-0.39, 0.29) is 5.78 Å². The maximum Gasteiger partial charge on any atom is 0.174 e. The van der Waals surface area contributed by atoms with Gasteiger partial charge in [0.25, 0.3) is 0 Å². The van der Waals surface area contributed by atoms with Crippen LogP contribution in [0.2, 0.25) is 0 Å². The van der Waals surface area contributed by atoms with Crippen LogP contribution >= 0.6 is 11.8 Å². The fourth-order valence-electron chi connectivity index (χ4n) is 2.85. The molecule has 3 rings (SSSR count). The summed E-state index contributed by atoms with van der Waals surface area (Å²) in [5.41, 5.74) is 5.76. The highest BCUT2D eigenvalue weighted by Gasteiger charge is 2.13. The van der Waals surface area contributed by atoms with Gasteiger partial charge in [0.05, 0.1) is 5.75 Å². The molecule has 0 unspecified atom stereocenters. The Bertz CT molecular complexity index is 835. The number of thioether (sulfide) groups is 1. The van der Waals surface area contributed by atoms with E-state index in [2.05, 4.69) is 43.1 Å². The Balaban J connectivity index is 1.71. The second kappa shape index (κ2) is 7.05. The van der Waals surface area contributed by atoms with E-state index >= 15 is 0 Å². The first-order chi connectivity index (χ1) is 11.2. The van der Waals surface area contributed by atoms with Gasteiger partial charge in [-0.2, -0.15) is 0 Å². The van der Waals surface area contributed by atoms with E-state index in [1.54, 1.807) is 11.8 Å². The molecule has 0 saturated heterocycles. The first kappa shape index (κ1) is 15.9. The second-order valence-corrected chi connectivity index (χ2v) is 6.72. The van der Waals surface area contributed by atoms with Crippen LogP contribution in [0.3, 0.4) is 0 Å². The van der Waals surface area contributed by atoms with Crippen molar-refractivity contribution < 1.29 is 4.79 Å². The van der Waals surface area contributed by atoms with Crippen LogP contribution in [-0.4, -0.2) is 16.5 Å². The highest BCUT2D eigenvalue weighted by molar-refractivity contribution is 7.99. The Hall–Kier alpha value is -2.00. The minimum Gasteiger partial charge on any atom is -0.360 e. The zero-order valence-electron chi connectivity index (χ0n) is 13.6. The SMILES string of the molecule is CCc1cccc2c(C(=O)CSCc3ccccc3C)c[nH]c12. The molecule has 0 saturated carbocycles. The molecule has 2 nitrogen and oxygen atoms in total. The van der Waals surface area contributed by atoms with E-state index in [0.29, 0.717) is 5.75 Å². The average Bonchev–Trinajstić information content (AvgIpc) is 3.00. The van der Waals surface area contributed by atoms with Gasteiger partial charge >= 0.3 is 0 Å². The summed E-state index contributed by atoms with van der Waals surface area (Å²) in [6.45, 7) is 4.25. The zero-order valence-corrected chi connectivity index (χ0v) is 14.4. The topological polar surface area (TPSA) is 32.9 Å². The summed E-state index contributed by atoms with van der Waals surface area (Å²) in [6.07, 6.45) is 2.83. The molecule has 118 valence electrons. The van der Waals surface area contributed by atoms with Gasteiger partial charge < -0.3 is 4.98 Å². The van der Waals surface area contributed by atoms with Crippen LogP contribution in [0.1, 0.15) is 34.0 Å². The monoisotopic (exact) mass is 323 g/mol. The van der Waals surface area contributed by atoms with Crippen molar-refractivity contribution >= 4 is 28.4 Å². The van der Waals surface area contributed by atoms with Gasteiger partial charge in [-0.15, -0.1) is 11.8 Å². The predicted octanol–water partition coefficient (Wildman–Crippen LogP) is 5.15. The molecule has 0 amide bonds. The van der Waals surface area contributed by atoms with E-state index in [0.717, 1.165) is 28.6 Å². The number of carbonyl (C=O) groups is 1. The number of hydrogen-bond acceptors (Lipinski definition) is 2. The lowest BCUT2D eigenvalue weighted by molar-refractivity contribution is 0.102. The molecule has 1 aromatic heterocycles. The smallest absolute Gasteiger partial charge is 0.174 e. The first-order valence-electron chi connectivity index (χ1n) is 7.95. The van der Waals surface area contributed by atoms with Crippen molar-refractivity contribution in [2.24, 2.45) is 0 Å². The van der Waals surface area contributed by atoms with E-state index in [1.807, 2.05) is 24.4 Å². The highest BCUT2D eigenvalue weighted by atomic mass is 32.2. The van der Waals surface area contributed by atoms with Gasteiger partial charge in [-0.3, -0.25) is 4.79 Å². The molecule has 23 heavy (non-hydrogen) atoms. The lowest BCUT2D eigenvalue weighted by atomic mass is 10.1. The Morgan fingerprint density at radius 1 is 1.09 bits per heavy atom. The van der Waals surface area contributed by atoms with Gasteiger partial charge in [0.2, 0.25) is 0 Å². The first-order valence-corrected chi connectivity index (χ1v) is 9.10. The van der Waals surface area contributed by atoms with Gasteiger partial charge in [-0.1, -0.05) is 49.4 Å². The number of benzene rings is 2. The standard InChI is InChI=1S/C20H21NOS/c1-3-15-9-6-10-17-18(11-21-20(15)17)19(22)13-23-12-16-8-5-4-7-14(16)2/h4-11,21H,3,12-13H2,1-2H3. The number of carbonyl (C=O) groups excluding carboxylic acids is 1. The third-order valence-electron chi connectivity index (χ3n) is 4.24. The summed E-state index contributed by atoms with van der Waals surface area (Å²) in [6, 6.07) is 14.5. The van der Waals surface area contributed by atoms with Crippen molar-refractivity contribution in [3.05, 3.63) is 70.9 Å². The molecular weight excluding hydrogens is 302 g/mol. The Morgan fingerprint density at radius 2 is 1.87 bits per heavy atom. The number of aromatic nitrogens is 1. The third-order valence-corrected chi connectivity index (χ3v) is 5.22. The maximum absolute atomic E-state index is 12.6. The molecule has 0 aliphatic carbocycles. The number of aryl methyl sites for hydroxylation is 2. The average molecular weight is 323 g/mol. The summed E-state index contributed by atoms with van der Waals surface area (Å²) in [7, 11) is 0. The molecule has 0 radical (unpaired) electrons. The van der Waals surface area contributed by atoms with Crippen molar-refractivity contribution in [2.45, 2.75) is 26.0 Å². The largest absolute Gasteiger partial charge is 0.360 e. The van der Waals surface area contributed by atoms with Crippen molar-refractivity contribution in [2.75, 3.05) is 5.75 Å². The minimum atomic E-state index is 0.197. The molecule has 3 aromatic rings. The van der Waals surface area contributed by atoms with Gasteiger partial charge in [0.1, 0.15) is 0 Å². The molecule has 0 spiro atoms. The van der Waals surface area contributed by atoms with Crippen LogP contribution in [0.4, 0.5) is 0 Å². The highest BCUT2D eigenvalue weighted by Crippen LogP contribution is 2.24. The number of ketones is 1. The molecule has 0 atom stereocenters. The number of nitrogens with one attached hydrogen (secondary N) is 1. The Morgan fingerprint density at radius 3 is 2.65 bits per heavy atom. The lowest BCUT2D eigenvalue weighted by Gasteiger charge is -2.05. The molecule has 3 heteroatoms. The summed E-state index contributed by atoms with van der Waals surface area (Å²) >= 11 is 1.68. The number of hydrogen-bond donors (Lipinski definition) is 1. The fourth-order valence-corrected chi connectivity index (χ4v) is 3.83. The van der Waals surface area contributed by atoms with Crippen molar-refractivity contribution in [1.82, 2.24) is 4.98 Å². The van der Waals surface area contributed by atoms with Crippen LogP contribution in [0.5, 0.6) is 0 Å². The summed E-state index contributed by atoms with van der Waals surface area (Å²) in [4.78, 5) is 15.8. The van der Waals surface area contributed by atoms with Crippen LogP contribution in [0, 0.1) is 6.92 Å². The second-order valence-electron chi connectivity index (χ2n) is 5.74. The molecule has 0 bridgehead atoms. The zero-order chi connectivity index (χ0) is 16.2. The van der Waals surface area contributed by atoms with Gasteiger partial charge in [0.15, 0.2) is 5.78 Å².